The summed E-state index contributed by atoms with van der Waals surface area (Å²) in [6.45, 7) is 0. The molecule has 0 aliphatic rings. The highest BCUT2D eigenvalue weighted by Crippen LogP contribution is 2.53. The standard InChI is InChI=1S/C10H10F2NO5P/c11-9(12)13-10(8(14)15,19(16,17)18)6-7-4-2-1-3-5-7/h1-5H,6H2,(H,14,15)(H2,16,17,18)/t10-/m1/s1. The normalized spacial score (nSPS) is 14.5. The molecule has 0 aliphatic heterocycles. The molecule has 0 aliphatic carbocycles. The number of rotatable bonds is 5. The number of halogens is 2. The molecule has 0 spiro atoms. The van der Waals surface area contributed by atoms with Gasteiger partial charge in [-0.15, -0.1) is 0 Å². The average molecular weight is 293 g/mol. The first-order chi connectivity index (χ1) is 8.69. The minimum atomic E-state index is -5.45. The van der Waals surface area contributed by atoms with Crippen LogP contribution in [0.2, 0.25) is 0 Å². The molecule has 19 heavy (non-hydrogen) atoms. The van der Waals surface area contributed by atoms with Crippen molar-refractivity contribution in [3.8, 4) is 0 Å². The lowest BCUT2D eigenvalue weighted by molar-refractivity contribution is -0.140. The van der Waals surface area contributed by atoms with Gasteiger partial charge in [0.15, 0.2) is 0 Å². The van der Waals surface area contributed by atoms with Crippen LogP contribution in [-0.2, 0) is 15.8 Å². The molecule has 0 radical (unpaired) electrons. The number of carbonyl (C=O) groups is 1. The van der Waals surface area contributed by atoms with E-state index in [0.29, 0.717) is 0 Å². The number of nitrogens with zero attached hydrogens (tertiary/aromatic N) is 1. The van der Waals surface area contributed by atoms with Crippen molar-refractivity contribution in [2.45, 2.75) is 11.7 Å². The van der Waals surface area contributed by atoms with Crippen LogP contribution < -0.4 is 0 Å². The molecule has 0 bridgehead atoms. The van der Waals surface area contributed by atoms with Crippen LogP contribution in [-0.4, -0.2) is 32.4 Å². The summed E-state index contributed by atoms with van der Waals surface area (Å²) >= 11 is 0. The predicted octanol–water partition coefficient (Wildman–Crippen LogP) is 1.48. The number of carboxylic acids is 1. The van der Waals surface area contributed by atoms with E-state index >= 15 is 0 Å². The Labute approximate surface area is 106 Å². The van der Waals surface area contributed by atoms with E-state index in [1.807, 2.05) is 0 Å². The van der Waals surface area contributed by atoms with Crippen molar-refractivity contribution in [2.24, 2.45) is 4.99 Å². The minimum absolute atomic E-state index is 0.165. The van der Waals surface area contributed by atoms with Crippen molar-refractivity contribution in [2.75, 3.05) is 0 Å². The summed E-state index contributed by atoms with van der Waals surface area (Å²) in [7, 11) is -5.45. The monoisotopic (exact) mass is 293 g/mol. The van der Waals surface area contributed by atoms with Gasteiger partial charge in [-0.1, -0.05) is 30.3 Å². The van der Waals surface area contributed by atoms with Crippen LogP contribution in [0.15, 0.2) is 35.3 Å². The Balaban J connectivity index is 3.38. The molecule has 9 heteroatoms. The maximum atomic E-state index is 12.3. The number of hydrogen-bond acceptors (Lipinski definition) is 3. The first-order valence-electron chi connectivity index (χ1n) is 4.93. The largest absolute Gasteiger partial charge is 0.479 e. The molecule has 0 saturated carbocycles. The molecular weight excluding hydrogens is 283 g/mol. The zero-order chi connectivity index (χ0) is 14.7. The molecular formula is C10H10F2NO5P. The number of carboxylic acid groups (broad SMARTS) is 1. The van der Waals surface area contributed by atoms with Crippen LogP contribution in [0.25, 0.3) is 0 Å². The first-order valence-corrected chi connectivity index (χ1v) is 6.54. The molecule has 1 aromatic carbocycles. The molecule has 6 nitrogen and oxygen atoms in total. The SMILES string of the molecule is O=C(O)[C@](Cc1ccccc1)(N=C(F)F)P(=O)(O)O. The van der Waals surface area contributed by atoms with Gasteiger partial charge < -0.3 is 14.9 Å². The summed E-state index contributed by atoms with van der Waals surface area (Å²) in [6, 6.07) is 7.27. The summed E-state index contributed by atoms with van der Waals surface area (Å²) in [5.41, 5.74) is 0.165. The van der Waals surface area contributed by atoms with Gasteiger partial charge in [-0.3, -0.25) is 4.57 Å². The van der Waals surface area contributed by atoms with Gasteiger partial charge >= 0.3 is 19.8 Å². The highest BCUT2D eigenvalue weighted by atomic mass is 31.2. The van der Waals surface area contributed by atoms with Crippen molar-refractivity contribution in [1.82, 2.24) is 0 Å². The third kappa shape index (κ3) is 3.44. The molecule has 1 aromatic rings. The second kappa shape index (κ2) is 5.56. The summed E-state index contributed by atoms with van der Waals surface area (Å²) in [4.78, 5) is 31.7. The molecule has 0 amide bonds. The number of hydrogen-bond donors (Lipinski definition) is 3. The van der Waals surface area contributed by atoms with Gasteiger partial charge in [0, 0.05) is 6.42 Å². The summed E-state index contributed by atoms with van der Waals surface area (Å²) in [6.07, 6.45) is -3.55. The van der Waals surface area contributed by atoms with E-state index in [0.717, 1.165) is 0 Å². The van der Waals surface area contributed by atoms with Crippen LogP contribution in [0.1, 0.15) is 5.56 Å². The van der Waals surface area contributed by atoms with Crippen LogP contribution in [0.5, 0.6) is 0 Å². The van der Waals surface area contributed by atoms with Crippen molar-refractivity contribution >= 4 is 19.8 Å². The van der Waals surface area contributed by atoms with Crippen molar-refractivity contribution in [3.05, 3.63) is 35.9 Å². The van der Waals surface area contributed by atoms with Gasteiger partial charge in [0.05, 0.1) is 0 Å². The first kappa shape index (κ1) is 15.4. The molecule has 0 unspecified atom stereocenters. The second-order valence-corrected chi connectivity index (χ2v) is 5.51. The predicted molar refractivity (Wildman–Crippen MR) is 62.2 cm³/mol. The minimum Gasteiger partial charge on any atom is -0.479 e. The van der Waals surface area contributed by atoms with Crippen LogP contribution >= 0.6 is 7.60 Å². The quantitative estimate of drug-likeness (QED) is 0.563. The second-order valence-electron chi connectivity index (χ2n) is 3.68. The fraction of sp³-hybridized carbons (Fsp3) is 0.200. The third-order valence-electron chi connectivity index (χ3n) is 2.39. The molecule has 3 N–H and O–H groups in total. The maximum Gasteiger partial charge on any atom is 0.364 e. The third-order valence-corrected chi connectivity index (χ3v) is 3.80. The topological polar surface area (TPSA) is 107 Å². The molecule has 0 heterocycles. The smallest absolute Gasteiger partial charge is 0.364 e. The number of benzene rings is 1. The molecule has 104 valence electrons. The van der Waals surface area contributed by atoms with Gasteiger partial charge in [0.2, 0.25) is 0 Å². The average Bonchev–Trinajstić information content (AvgIpc) is 2.27. The molecule has 1 atom stereocenters. The van der Waals surface area contributed by atoms with Crippen molar-refractivity contribution < 1.29 is 33.0 Å². The summed E-state index contributed by atoms with van der Waals surface area (Å²) < 4.78 is 35.8. The maximum absolute atomic E-state index is 12.3. The highest BCUT2D eigenvalue weighted by Gasteiger charge is 2.55. The van der Waals surface area contributed by atoms with E-state index in [-0.39, 0.29) is 5.56 Å². The van der Waals surface area contributed by atoms with Crippen LogP contribution in [0.3, 0.4) is 0 Å². The van der Waals surface area contributed by atoms with E-state index in [9.17, 15) is 18.1 Å². The zero-order valence-electron chi connectivity index (χ0n) is 9.40. The lowest BCUT2D eigenvalue weighted by Crippen LogP contribution is -2.39. The highest BCUT2D eigenvalue weighted by molar-refractivity contribution is 7.54. The van der Waals surface area contributed by atoms with Gasteiger partial charge in [-0.25, -0.2) is 4.79 Å². The number of aliphatic imine (C=N–C) groups is 1. The Kier molecular flexibility index (Phi) is 4.52. The lowest BCUT2D eigenvalue weighted by atomic mass is 10.1. The van der Waals surface area contributed by atoms with Crippen LogP contribution in [0, 0.1) is 0 Å². The summed E-state index contributed by atoms with van der Waals surface area (Å²) in [5, 5.41) is 5.72. The van der Waals surface area contributed by atoms with E-state index in [1.165, 1.54) is 24.3 Å². The molecule has 0 fully saturated rings. The fourth-order valence-electron chi connectivity index (χ4n) is 1.48. The Morgan fingerprint density at radius 2 is 1.79 bits per heavy atom. The Morgan fingerprint density at radius 3 is 2.16 bits per heavy atom. The zero-order valence-corrected chi connectivity index (χ0v) is 10.3. The van der Waals surface area contributed by atoms with Crippen molar-refractivity contribution in [3.63, 3.8) is 0 Å². The number of aliphatic carboxylic acids is 1. The van der Waals surface area contributed by atoms with Crippen LogP contribution in [0.4, 0.5) is 8.78 Å². The Morgan fingerprint density at radius 1 is 1.26 bits per heavy atom. The van der Waals surface area contributed by atoms with Gasteiger partial charge in [0.25, 0.3) is 5.28 Å². The van der Waals surface area contributed by atoms with Gasteiger partial charge in [-0.2, -0.15) is 13.8 Å². The fourth-order valence-corrected chi connectivity index (χ4v) is 2.32. The summed E-state index contributed by atoms with van der Waals surface area (Å²) in [5.74, 6) is -2.11. The molecule has 0 aromatic heterocycles. The molecule has 1 rings (SSSR count). The van der Waals surface area contributed by atoms with E-state index < -0.39 is 31.5 Å². The molecule has 0 saturated heterocycles. The van der Waals surface area contributed by atoms with Gasteiger partial charge in [-0.05, 0) is 5.56 Å². The van der Waals surface area contributed by atoms with E-state index in [2.05, 4.69) is 4.99 Å². The Hall–Kier alpha value is -1.63. The van der Waals surface area contributed by atoms with Gasteiger partial charge in [0.1, 0.15) is 0 Å². The van der Waals surface area contributed by atoms with E-state index in [4.69, 9.17) is 14.9 Å². The Bertz CT molecular complexity index is 540. The van der Waals surface area contributed by atoms with E-state index in [1.54, 1.807) is 6.07 Å². The van der Waals surface area contributed by atoms with Crippen molar-refractivity contribution in [1.29, 1.82) is 0 Å². The lowest BCUT2D eigenvalue weighted by Gasteiger charge is -2.25.